The lowest BCUT2D eigenvalue weighted by Crippen LogP contribution is -2.49. The summed E-state index contributed by atoms with van der Waals surface area (Å²) < 4.78 is 38.7. The van der Waals surface area contributed by atoms with Gasteiger partial charge in [-0.15, -0.1) is 11.3 Å². The standard InChI is InChI=1S/C31H39F3N4O3S/c1-21(39)38(24-7-5-3-4-6-8-24)26-16-18-37(20-26)30(41)36-17-15-25(19-36)35(2)29(40)28-14-13-27(42-28)22-9-11-23(12-10-22)31(32,33)34/h9-14,24-26H,3-8,15-20H2,1-2H3/t25-,26+/m0/s1. The number of hydrogen-bond acceptors (Lipinski definition) is 4. The number of carbonyl (C=O) groups excluding carboxylic acids is 3. The highest BCUT2D eigenvalue weighted by molar-refractivity contribution is 7.17. The molecule has 3 aliphatic rings. The summed E-state index contributed by atoms with van der Waals surface area (Å²) in [5.74, 6) is -0.0724. The molecule has 5 rings (SSSR count). The molecular weight excluding hydrogens is 565 g/mol. The van der Waals surface area contributed by atoms with Gasteiger partial charge in [-0.2, -0.15) is 13.2 Å². The highest BCUT2D eigenvalue weighted by atomic mass is 32.1. The first-order chi connectivity index (χ1) is 20.0. The molecule has 42 heavy (non-hydrogen) atoms. The fourth-order valence-electron chi connectivity index (χ4n) is 6.69. The summed E-state index contributed by atoms with van der Waals surface area (Å²) in [6.45, 7) is 3.82. The summed E-state index contributed by atoms with van der Waals surface area (Å²) in [5.41, 5.74) is -0.0851. The van der Waals surface area contributed by atoms with Crippen molar-refractivity contribution in [3.05, 3.63) is 46.8 Å². The van der Waals surface area contributed by atoms with E-state index in [-0.39, 0.29) is 36.0 Å². The third-order valence-corrected chi connectivity index (χ3v) is 10.1. The lowest BCUT2D eigenvalue weighted by atomic mass is 10.0. The summed E-state index contributed by atoms with van der Waals surface area (Å²) in [5, 5.41) is 0. The minimum absolute atomic E-state index is 0.0362. The fraction of sp³-hybridized carbons (Fsp3) is 0.581. The van der Waals surface area contributed by atoms with Crippen LogP contribution in [0.3, 0.4) is 0 Å². The third kappa shape index (κ3) is 6.61. The van der Waals surface area contributed by atoms with Crippen molar-refractivity contribution in [1.29, 1.82) is 0 Å². The van der Waals surface area contributed by atoms with Gasteiger partial charge >= 0.3 is 12.2 Å². The normalized spacial score (nSPS) is 21.8. The van der Waals surface area contributed by atoms with E-state index >= 15 is 0 Å². The van der Waals surface area contributed by atoms with Gasteiger partial charge in [0.25, 0.3) is 5.91 Å². The van der Waals surface area contributed by atoms with Gasteiger partial charge in [-0.1, -0.05) is 37.8 Å². The minimum atomic E-state index is -4.39. The van der Waals surface area contributed by atoms with Gasteiger partial charge in [0.15, 0.2) is 0 Å². The Morgan fingerprint density at radius 3 is 2.00 bits per heavy atom. The average Bonchev–Trinajstić information content (AvgIpc) is 3.71. The van der Waals surface area contributed by atoms with Crippen molar-refractivity contribution in [2.75, 3.05) is 33.2 Å². The van der Waals surface area contributed by atoms with E-state index < -0.39 is 11.7 Å². The monoisotopic (exact) mass is 604 g/mol. The largest absolute Gasteiger partial charge is 0.416 e. The average molecular weight is 605 g/mol. The van der Waals surface area contributed by atoms with E-state index in [0.29, 0.717) is 43.0 Å². The molecule has 3 heterocycles. The number of likely N-dealkylation sites (tertiary alicyclic amines) is 2. The molecule has 0 unspecified atom stereocenters. The van der Waals surface area contributed by atoms with Crippen LogP contribution in [0, 0.1) is 0 Å². The van der Waals surface area contributed by atoms with Gasteiger partial charge in [0.05, 0.1) is 22.5 Å². The summed E-state index contributed by atoms with van der Waals surface area (Å²) in [6.07, 6.45) is 3.87. The Morgan fingerprint density at radius 2 is 1.40 bits per heavy atom. The van der Waals surface area contributed by atoms with Gasteiger partial charge in [0.2, 0.25) is 5.91 Å². The van der Waals surface area contributed by atoms with Crippen molar-refractivity contribution in [2.45, 2.75) is 82.6 Å². The Morgan fingerprint density at radius 1 is 0.810 bits per heavy atom. The maximum absolute atomic E-state index is 13.4. The predicted octanol–water partition coefficient (Wildman–Crippen LogP) is 6.35. The highest BCUT2D eigenvalue weighted by Gasteiger charge is 2.39. The number of thiophene rings is 1. The SMILES string of the molecule is CC(=O)N(C1CCCCCC1)[C@@H]1CCN(C(=O)N2CC[C@H](N(C)C(=O)c3ccc(-c4ccc(C(F)(F)F)cc4)s3)C2)C1. The van der Waals surface area contributed by atoms with Crippen LogP contribution >= 0.6 is 11.3 Å². The number of amides is 4. The molecule has 228 valence electrons. The smallest absolute Gasteiger partial charge is 0.336 e. The number of benzene rings is 1. The molecule has 0 bridgehead atoms. The molecule has 7 nitrogen and oxygen atoms in total. The van der Waals surface area contributed by atoms with Gasteiger partial charge in [0, 0.05) is 51.1 Å². The van der Waals surface area contributed by atoms with Crippen LogP contribution in [0.1, 0.15) is 73.5 Å². The van der Waals surface area contributed by atoms with Gasteiger partial charge in [0.1, 0.15) is 0 Å². The fourth-order valence-corrected chi connectivity index (χ4v) is 7.69. The summed E-state index contributed by atoms with van der Waals surface area (Å²) in [4.78, 5) is 48.0. The number of carbonyl (C=O) groups is 3. The predicted molar refractivity (Wildman–Crippen MR) is 156 cm³/mol. The molecule has 1 aromatic carbocycles. The van der Waals surface area contributed by atoms with E-state index in [1.807, 2.05) is 9.80 Å². The first kappa shape index (κ1) is 30.4. The summed E-state index contributed by atoms with van der Waals surface area (Å²) in [6, 6.07) is 8.53. The Balaban J connectivity index is 1.16. The van der Waals surface area contributed by atoms with Crippen LogP contribution in [0.4, 0.5) is 18.0 Å². The maximum Gasteiger partial charge on any atom is 0.416 e. The van der Waals surface area contributed by atoms with Crippen molar-refractivity contribution in [2.24, 2.45) is 0 Å². The van der Waals surface area contributed by atoms with E-state index in [9.17, 15) is 27.6 Å². The van der Waals surface area contributed by atoms with E-state index in [0.717, 1.165) is 49.1 Å². The molecule has 0 spiro atoms. The second kappa shape index (κ2) is 12.7. The van der Waals surface area contributed by atoms with Crippen LogP contribution < -0.4 is 0 Å². The van der Waals surface area contributed by atoms with Gasteiger partial charge in [-0.05, 0) is 55.5 Å². The molecule has 1 saturated carbocycles. The number of alkyl halides is 3. The van der Waals surface area contributed by atoms with Crippen molar-refractivity contribution in [3.63, 3.8) is 0 Å². The Kier molecular flexibility index (Phi) is 9.15. The van der Waals surface area contributed by atoms with Crippen LogP contribution in [-0.2, 0) is 11.0 Å². The molecule has 2 aliphatic heterocycles. The molecule has 0 N–H and O–H groups in total. The molecular formula is C31H39F3N4O3S. The van der Waals surface area contributed by atoms with Crippen LogP contribution in [0.25, 0.3) is 10.4 Å². The first-order valence-electron chi connectivity index (χ1n) is 14.9. The van der Waals surface area contributed by atoms with E-state index in [1.54, 1.807) is 31.0 Å². The minimum Gasteiger partial charge on any atom is -0.336 e. The molecule has 1 aliphatic carbocycles. The van der Waals surface area contributed by atoms with E-state index in [1.165, 1.54) is 36.3 Å². The van der Waals surface area contributed by atoms with Crippen molar-refractivity contribution >= 4 is 29.2 Å². The molecule has 2 atom stereocenters. The molecule has 3 fully saturated rings. The molecule has 2 saturated heterocycles. The lowest BCUT2D eigenvalue weighted by Gasteiger charge is -2.36. The molecule has 2 aromatic rings. The van der Waals surface area contributed by atoms with Crippen molar-refractivity contribution in [1.82, 2.24) is 19.6 Å². The zero-order valence-electron chi connectivity index (χ0n) is 24.2. The number of likely N-dealkylation sites (N-methyl/N-ethyl adjacent to an activating group) is 1. The van der Waals surface area contributed by atoms with E-state index in [2.05, 4.69) is 4.90 Å². The quantitative estimate of drug-likeness (QED) is 0.374. The topological polar surface area (TPSA) is 64.2 Å². The number of hydrogen-bond donors (Lipinski definition) is 0. The second-order valence-electron chi connectivity index (χ2n) is 11.8. The van der Waals surface area contributed by atoms with Crippen LogP contribution in [0.15, 0.2) is 36.4 Å². The van der Waals surface area contributed by atoms with Gasteiger partial charge < -0.3 is 19.6 Å². The highest BCUT2D eigenvalue weighted by Crippen LogP contribution is 2.34. The van der Waals surface area contributed by atoms with Gasteiger partial charge in [-0.25, -0.2) is 4.79 Å². The van der Waals surface area contributed by atoms with Crippen LogP contribution in [0.5, 0.6) is 0 Å². The van der Waals surface area contributed by atoms with Crippen molar-refractivity contribution in [3.8, 4) is 10.4 Å². The summed E-state index contributed by atoms with van der Waals surface area (Å²) in [7, 11) is 1.74. The summed E-state index contributed by atoms with van der Waals surface area (Å²) >= 11 is 1.25. The lowest BCUT2D eigenvalue weighted by molar-refractivity contribution is -0.137. The molecule has 1 aromatic heterocycles. The zero-order valence-corrected chi connectivity index (χ0v) is 25.1. The molecule has 0 radical (unpaired) electrons. The number of nitrogens with zero attached hydrogens (tertiary/aromatic N) is 4. The number of rotatable bonds is 5. The Bertz CT molecular complexity index is 1270. The number of urea groups is 1. The number of halogens is 3. The van der Waals surface area contributed by atoms with Crippen molar-refractivity contribution < 1.29 is 27.6 Å². The zero-order chi connectivity index (χ0) is 30.0. The Hall–Kier alpha value is -3.08. The van der Waals surface area contributed by atoms with Crippen LogP contribution in [0.2, 0.25) is 0 Å². The third-order valence-electron chi connectivity index (χ3n) is 9.02. The van der Waals surface area contributed by atoms with E-state index in [4.69, 9.17) is 0 Å². The Labute approximate surface area is 249 Å². The molecule has 4 amide bonds. The maximum atomic E-state index is 13.4. The van der Waals surface area contributed by atoms with Crippen LogP contribution in [-0.4, -0.2) is 88.8 Å². The molecule has 11 heteroatoms. The first-order valence-corrected chi connectivity index (χ1v) is 15.7. The van der Waals surface area contributed by atoms with Gasteiger partial charge in [-0.3, -0.25) is 9.59 Å². The second-order valence-corrected chi connectivity index (χ2v) is 12.9.